The lowest BCUT2D eigenvalue weighted by molar-refractivity contribution is -0.137. The SMILES string of the molecule is CC1OCCC1N(C)C(=O)C1CCCC1N. The molecule has 4 unspecified atom stereocenters. The van der Waals surface area contributed by atoms with Gasteiger partial charge in [0.1, 0.15) is 0 Å². The Morgan fingerprint density at radius 3 is 2.62 bits per heavy atom. The van der Waals surface area contributed by atoms with Crippen LogP contribution in [0, 0.1) is 5.92 Å². The molecule has 2 rings (SSSR count). The summed E-state index contributed by atoms with van der Waals surface area (Å²) in [7, 11) is 1.89. The topological polar surface area (TPSA) is 55.6 Å². The van der Waals surface area contributed by atoms with Crippen LogP contribution in [0.3, 0.4) is 0 Å². The standard InChI is InChI=1S/C12H22N2O2/c1-8-11(6-7-16-8)14(2)12(15)9-4-3-5-10(9)13/h8-11H,3-7,13H2,1-2H3. The van der Waals surface area contributed by atoms with Crippen LogP contribution in [-0.4, -0.2) is 42.6 Å². The maximum absolute atomic E-state index is 12.3. The fourth-order valence-electron chi connectivity index (χ4n) is 2.95. The van der Waals surface area contributed by atoms with Crippen LogP contribution in [0.15, 0.2) is 0 Å². The van der Waals surface area contributed by atoms with Crippen LogP contribution in [0.5, 0.6) is 0 Å². The van der Waals surface area contributed by atoms with Crippen LogP contribution < -0.4 is 5.73 Å². The number of hydrogen-bond acceptors (Lipinski definition) is 3. The molecule has 1 saturated carbocycles. The summed E-state index contributed by atoms with van der Waals surface area (Å²) in [6, 6.07) is 0.299. The molecule has 0 bridgehead atoms. The lowest BCUT2D eigenvalue weighted by Gasteiger charge is -2.30. The molecular weight excluding hydrogens is 204 g/mol. The van der Waals surface area contributed by atoms with Crippen molar-refractivity contribution < 1.29 is 9.53 Å². The average molecular weight is 226 g/mol. The van der Waals surface area contributed by atoms with Gasteiger partial charge < -0.3 is 15.4 Å². The molecular formula is C12H22N2O2. The Balaban J connectivity index is 1.98. The van der Waals surface area contributed by atoms with Gasteiger partial charge in [-0.2, -0.15) is 0 Å². The highest BCUT2D eigenvalue weighted by molar-refractivity contribution is 5.80. The van der Waals surface area contributed by atoms with E-state index in [-0.39, 0.29) is 30.0 Å². The number of carbonyl (C=O) groups is 1. The van der Waals surface area contributed by atoms with Gasteiger partial charge in [-0.3, -0.25) is 4.79 Å². The molecule has 16 heavy (non-hydrogen) atoms. The molecule has 2 N–H and O–H groups in total. The average Bonchev–Trinajstić information content (AvgIpc) is 2.85. The summed E-state index contributed by atoms with van der Waals surface area (Å²) in [5.74, 6) is 0.255. The van der Waals surface area contributed by atoms with E-state index in [1.54, 1.807) is 0 Å². The van der Waals surface area contributed by atoms with Crippen LogP contribution in [0.1, 0.15) is 32.6 Å². The van der Waals surface area contributed by atoms with Gasteiger partial charge in [-0.05, 0) is 26.2 Å². The largest absolute Gasteiger partial charge is 0.376 e. The second-order valence-electron chi connectivity index (χ2n) is 5.08. The molecule has 0 aromatic rings. The van der Waals surface area contributed by atoms with Gasteiger partial charge in [0.05, 0.1) is 18.1 Å². The quantitative estimate of drug-likeness (QED) is 0.756. The summed E-state index contributed by atoms with van der Waals surface area (Å²) in [5.41, 5.74) is 5.97. The molecule has 1 aliphatic carbocycles. The lowest BCUT2D eigenvalue weighted by atomic mass is 10.0. The third kappa shape index (κ3) is 2.09. The molecule has 1 aliphatic heterocycles. The van der Waals surface area contributed by atoms with Crippen molar-refractivity contribution in [1.29, 1.82) is 0 Å². The lowest BCUT2D eigenvalue weighted by Crippen LogP contribution is -2.46. The number of ether oxygens (including phenoxy) is 1. The Hall–Kier alpha value is -0.610. The highest BCUT2D eigenvalue weighted by Gasteiger charge is 2.37. The minimum Gasteiger partial charge on any atom is -0.376 e. The zero-order chi connectivity index (χ0) is 11.7. The zero-order valence-electron chi connectivity index (χ0n) is 10.2. The van der Waals surface area contributed by atoms with E-state index in [9.17, 15) is 4.79 Å². The molecule has 0 spiro atoms. The number of rotatable bonds is 2. The molecule has 1 amide bonds. The van der Waals surface area contributed by atoms with Gasteiger partial charge in [0.2, 0.25) is 5.91 Å². The van der Waals surface area contributed by atoms with Crippen LogP contribution >= 0.6 is 0 Å². The second-order valence-corrected chi connectivity index (χ2v) is 5.08. The molecule has 0 aromatic heterocycles. The van der Waals surface area contributed by atoms with Crippen molar-refractivity contribution in [2.24, 2.45) is 11.7 Å². The van der Waals surface area contributed by atoms with E-state index in [0.29, 0.717) is 0 Å². The van der Waals surface area contributed by atoms with E-state index in [1.807, 2.05) is 18.9 Å². The van der Waals surface area contributed by atoms with Gasteiger partial charge >= 0.3 is 0 Å². The number of carbonyl (C=O) groups excluding carboxylic acids is 1. The Bertz CT molecular complexity index is 270. The van der Waals surface area contributed by atoms with E-state index in [1.165, 1.54) is 0 Å². The normalized spacial score (nSPS) is 38.9. The molecule has 92 valence electrons. The molecule has 4 heteroatoms. The predicted octanol–water partition coefficient (Wildman–Crippen LogP) is 0.750. The van der Waals surface area contributed by atoms with Crippen molar-refractivity contribution in [1.82, 2.24) is 4.90 Å². The molecule has 4 nitrogen and oxygen atoms in total. The molecule has 2 fully saturated rings. The molecule has 1 saturated heterocycles. The van der Waals surface area contributed by atoms with Crippen molar-refractivity contribution in [3.8, 4) is 0 Å². The highest BCUT2D eigenvalue weighted by atomic mass is 16.5. The van der Waals surface area contributed by atoms with Crippen molar-refractivity contribution in [2.75, 3.05) is 13.7 Å². The maximum Gasteiger partial charge on any atom is 0.227 e. The Kier molecular flexibility index (Phi) is 3.50. The van der Waals surface area contributed by atoms with Gasteiger partial charge in [-0.15, -0.1) is 0 Å². The van der Waals surface area contributed by atoms with Crippen LogP contribution in [0.4, 0.5) is 0 Å². The van der Waals surface area contributed by atoms with Crippen molar-refractivity contribution >= 4 is 5.91 Å². The number of nitrogens with two attached hydrogens (primary N) is 1. The Morgan fingerprint density at radius 1 is 1.38 bits per heavy atom. The van der Waals surface area contributed by atoms with Crippen LogP contribution in [0.25, 0.3) is 0 Å². The first-order chi connectivity index (χ1) is 7.61. The number of nitrogens with zero attached hydrogens (tertiary/aromatic N) is 1. The molecule has 2 aliphatic rings. The number of hydrogen-bond donors (Lipinski definition) is 1. The third-order valence-electron chi connectivity index (χ3n) is 4.07. The summed E-state index contributed by atoms with van der Waals surface area (Å²) < 4.78 is 5.50. The van der Waals surface area contributed by atoms with E-state index in [4.69, 9.17) is 10.5 Å². The van der Waals surface area contributed by atoms with Crippen LogP contribution in [-0.2, 0) is 9.53 Å². The summed E-state index contributed by atoms with van der Waals surface area (Å²) in [4.78, 5) is 14.1. The summed E-state index contributed by atoms with van der Waals surface area (Å²) in [6.45, 7) is 2.80. The van der Waals surface area contributed by atoms with Crippen molar-refractivity contribution in [3.05, 3.63) is 0 Å². The minimum absolute atomic E-state index is 0.0396. The van der Waals surface area contributed by atoms with E-state index < -0.39 is 0 Å². The van der Waals surface area contributed by atoms with Gasteiger partial charge in [0.15, 0.2) is 0 Å². The maximum atomic E-state index is 12.3. The van der Waals surface area contributed by atoms with Gasteiger partial charge in [-0.1, -0.05) is 6.42 Å². The van der Waals surface area contributed by atoms with Crippen LogP contribution in [0.2, 0.25) is 0 Å². The predicted molar refractivity (Wildman–Crippen MR) is 61.9 cm³/mol. The zero-order valence-corrected chi connectivity index (χ0v) is 10.2. The van der Waals surface area contributed by atoms with Gasteiger partial charge in [-0.25, -0.2) is 0 Å². The van der Waals surface area contributed by atoms with Gasteiger partial charge in [0.25, 0.3) is 0 Å². The van der Waals surface area contributed by atoms with E-state index in [0.717, 1.165) is 32.3 Å². The number of likely N-dealkylation sites (N-methyl/N-ethyl adjacent to an activating group) is 1. The van der Waals surface area contributed by atoms with E-state index >= 15 is 0 Å². The monoisotopic (exact) mass is 226 g/mol. The first kappa shape index (κ1) is 11.9. The Labute approximate surface area is 97.1 Å². The molecule has 1 heterocycles. The summed E-state index contributed by atoms with van der Waals surface area (Å²) in [5, 5.41) is 0. The minimum atomic E-state index is 0.0396. The molecule has 0 aromatic carbocycles. The van der Waals surface area contributed by atoms with Gasteiger partial charge in [0, 0.05) is 19.7 Å². The fourth-order valence-corrected chi connectivity index (χ4v) is 2.95. The molecule has 4 atom stereocenters. The second kappa shape index (κ2) is 4.72. The third-order valence-corrected chi connectivity index (χ3v) is 4.07. The summed E-state index contributed by atoms with van der Waals surface area (Å²) >= 11 is 0. The van der Waals surface area contributed by atoms with E-state index in [2.05, 4.69) is 0 Å². The van der Waals surface area contributed by atoms with Crippen molar-refractivity contribution in [2.45, 2.75) is 50.8 Å². The fraction of sp³-hybridized carbons (Fsp3) is 0.917. The smallest absolute Gasteiger partial charge is 0.227 e. The first-order valence-corrected chi connectivity index (χ1v) is 6.25. The van der Waals surface area contributed by atoms with Crippen molar-refractivity contribution in [3.63, 3.8) is 0 Å². The first-order valence-electron chi connectivity index (χ1n) is 6.25. The Morgan fingerprint density at radius 2 is 2.12 bits per heavy atom. The number of amides is 1. The summed E-state index contributed by atoms with van der Waals surface area (Å²) in [6.07, 6.45) is 4.13. The molecule has 0 radical (unpaired) electrons. The highest BCUT2D eigenvalue weighted by Crippen LogP contribution is 2.28.